The van der Waals surface area contributed by atoms with E-state index in [2.05, 4.69) is 26.1 Å². The van der Waals surface area contributed by atoms with E-state index >= 15 is 0 Å². The smallest absolute Gasteiger partial charge is 0.241 e. The lowest BCUT2D eigenvalue weighted by Crippen LogP contribution is -2.42. The molecule has 1 heterocycles. The quantitative estimate of drug-likeness (QED) is 0.776. The van der Waals surface area contributed by atoms with Crippen molar-refractivity contribution in [3.05, 3.63) is 0 Å². The Labute approximate surface area is 119 Å². The van der Waals surface area contributed by atoms with Crippen LogP contribution in [0.5, 0.6) is 0 Å². The summed E-state index contributed by atoms with van der Waals surface area (Å²) in [5.41, 5.74) is 0. The van der Waals surface area contributed by atoms with Gasteiger partial charge in [-0.3, -0.25) is 14.3 Å². The van der Waals surface area contributed by atoms with E-state index in [1.807, 2.05) is 11.8 Å². The second-order valence-corrected chi connectivity index (χ2v) is 7.44. The second-order valence-electron chi connectivity index (χ2n) is 5.63. The number of hydrogen-bond donors (Lipinski definition) is 1. The lowest BCUT2D eigenvalue weighted by atomic mass is 9.99. The Morgan fingerprint density at radius 1 is 1.37 bits per heavy atom. The predicted molar refractivity (Wildman–Crippen MR) is 80.3 cm³/mol. The van der Waals surface area contributed by atoms with Crippen molar-refractivity contribution in [2.45, 2.75) is 64.4 Å². The molecule has 4 nitrogen and oxygen atoms in total. The van der Waals surface area contributed by atoms with Crippen LogP contribution in [0.3, 0.4) is 0 Å². The first-order valence-electron chi connectivity index (χ1n) is 7.31. The summed E-state index contributed by atoms with van der Waals surface area (Å²) in [6.07, 6.45) is 4.81. The van der Waals surface area contributed by atoms with Gasteiger partial charge in [-0.2, -0.15) is 0 Å². The maximum Gasteiger partial charge on any atom is 0.241 e. The molecule has 0 radical (unpaired) electrons. The zero-order chi connectivity index (χ0) is 14.6. The van der Waals surface area contributed by atoms with Crippen LogP contribution in [-0.4, -0.2) is 45.3 Å². The average molecular weight is 288 g/mol. The van der Waals surface area contributed by atoms with Crippen molar-refractivity contribution in [1.82, 2.24) is 10.2 Å². The lowest BCUT2D eigenvalue weighted by molar-refractivity contribution is -0.130. The Bertz CT molecular complexity index is 335. The van der Waals surface area contributed by atoms with Gasteiger partial charge in [0, 0.05) is 28.9 Å². The highest BCUT2D eigenvalue weighted by Gasteiger charge is 2.40. The van der Waals surface area contributed by atoms with Crippen LogP contribution in [0.2, 0.25) is 0 Å². The van der Waals surface area contributed by atoms with E-state index < -0.39 is 10.8 Å². The average Bonchev–Trinajstić information content (AvgIpc) is 2.67. The van der Waals surface area contributed by atoms with Gasteiger partial charge in [-0.25, -0.2) is 0 Å². The molecule has 0 aromatic carbocycles. The van der Waals surface area contributed by atoms with Crippen molar-refractivity contribution in [2.75, 3.05) is 12.8 Å². The molecule has 0 aromatic heterocycles. The van der Waals surface area contributed by atoms with Gasteiger partial charge in [0.15, 0.2) is 0 Å². The van der Waals surface area contributed by atoms with Crippen LogP contribution in [0.4, 0.5) is 0 Å². The molecule has 1 fully saturated rings. The Balaban J connectivity index is 2.79. The van der Waals surface area contributed by atoms with Crippen molar-refractivity contribution < 1.29 is 9.00 Å². The van der Waals surface area contributed by atoms with E-state index in [0.717, 1.165) is 19.3 Å². The summed E-state index contributed by atoms with van der Waals surface area (Å²) < 4.78 is 11.5. The van der Waals surface area contributed by atoms with Gasteiger partial charge in [-0.1, -0.05) is 33.6 Å². The van der Waals surface area contributed by atoms with Crippen LogP contribution < -0.4 is 5.32 Å². The van der Waals surface area contributed by atoms with Crippen LogP contribution >= 0.6 is 0 Å². The topological polar surface area (TPSA) is 49.4 Å². The fraction of sp³-hybridized carbons (Fsp3) is 0.929. The maximum absolute atomic E-state index is 12.5. The van der Waals surface area contributed by atoms with E-state index in [1.165, 1.54) is 0 Å². The van der Waals surface area contributed by atoms with Crippen molar-refractivity contribution in [3.63, 3.8) is 0 Å². The molecule has 1 aliphatic heterocycles. The SMILES string of the molecule is CCCC1NC(C(C)CC)C(=O)N1CC(C)S(C)=O. The number of hydrogen-bond acceptors (Lipinski definition) is 3. The first-order chi connectivity index (χ1) is 8.92. The molecule has 0 spiro atoms. The van der Waals surface area contributed by atoms with Gasteiger partial charge >= 0.3 is 0 Å². The summed E-state index contributed by atoms with van der Waals surface area (Å²) in [6.45, 7) is 8.89. The van der Waals surface area contributed by atoms with Crippen molar-refractivity contribution in [3.8, 4) is 0 Å². The molecule has 1 rings (SSSR count). The van der Waals surface area contributed by atoms with Gasteiger partial charge in [0.1, 0.15) is 0 Å². The van der Waals surface area contributed by atoms with Crippen LogP contribution in [0.25, 0.3) is 0 Å². The number of amides is 1. The van der Waals surface area contributed by atoms with Gasteiger partial charge < -0.3 is 4.90 Å². The van der Waals surface area contributed by atoms with Gasteiger partial charge in [0.25, 0.3) is 0 Å². The number of carbonyl (C=O) groups is 1. The number of rotatable bonds is 7. The Kier molecular flexibility index (Phi) is 6.47. The van der Waals surface area contributed by atoms with Gasteiger partial charge in [0.2, 0.25) is 5.91 Å². The fourth-order valence-corrected chi connectivity index (χ4v) is 2.83. The van der Waals surface area contributed by atoms with E-state index in [9.17, 15) is 9.00 Å². The molecule has 1 aliphatic rings. The largest absolute Gasteiger partial charge is 0.325 e. The van der Waals surface area contributed by atoms with Crippen molar-refractivity contribution in [1.29, 1.82) is 0 Å². The molecule has 5 atom stereocenters. The van der Waals surface area contributed by atoms with Crippen molar-refractivity contribution >= 4 is 16.7 Å². The van der Waals surface area contributed by atoms with Crippen molar-refractivity contribution in [2.24, 2.45) is 5.92 Å². The number of nitrogens with one attached hydrogen (secondary N) is 1. The minimum absolute atomic E-state index is 0.0285. The molecule has 0 aliphatic carbocycles. The Morgan fingerprint density at radius 2 is 2.00 bits per heavy atom. The van der Waals surface area contributed by atoms with E-state index in [-0.39, 0.29) is 23.4 Å². The summed E-state index contributed by atoms with van der Waals surface area (Å²) >= 11 is 0. The molecule has 1 saturated heterocycles. The molecule has 1 amide bonds. The molecule has 0 saturated carbocycles. The molecular weight excluding hydrogens is 260 g/mol. The zero-order valence-corrected chi connectivity index (χ0v) is 13.6. The third-order valence-corrected chi connectivity index (χ3v) is 5.38. The first kappa shape index (κ1) is 16.6. The summed E-state index contributed by atoms with van der Waals surface area (Å²) in [7, 11) is -0.886. The summed E-state index contributed by atoms with van der Waals surface area (Å²) in [5.74, 6) is 0.532. The molecule has 19 heavy (non-hydrogen) atoms. The molecule has 5 heteroatoms. The summed E-state index contributed by atoms with van der Waals surface area (Å²) in [5, 5.41) is 3.49. The number of carbonyl (C=O) groups excluding carboxylic acids is 1. The first-order valence-corrected chi connectivity index (χ1v) is 8.93. The third-order valence-electron chi connectivity index (χ3n) is 4.09. The van der Waals surface area contributed by atoms with E-state index in [4.69, 9.17) is 0 Å². The Hall–Kier alpha value is -0.420. The van der Waals surface area contributed by atoms with Gasteiger partial charge in [0.05, 0.1) is 12.2 Å². The second kappa shape index (κ2) is 7.39. The molecular formula is C14H28N2O2S. The predicted octanol–water partition coefficient (Wildman–Crippen LogP) is 1.73. The van der Waals surface area contributed by atoms with E-state index in [0.29, 0.717) is 12.5 Å². The summed E-state index contributed by atoms with van der Waals surface area (Å²) in [6, 6.07) is -0.0703. The minimum atomic E-state index is -0.886. The monoisotopic (exact) mass is 288 g/mol. The minimum Gasteiger partial charge on any atom is -0.325 e. The lowest BCUT2D eigenvalue weighted by Gasteiger charge is -2.26. The van der Waals surface area contributed by atoms with Crippen LogP contribution in [0, 0.1) is 5.92 Å². The molecule has 5 unspecified atom stereocenters. The normalized spacial score (nSPS) is 28.5. The standard InChI is InChI=1S/C14H28N2O2S/c1-6-8-12-15-13(10(3)7-2)14(17)16(12)9-11(4)19(5)18/h10-13,15H,6-9H2,1-5H3. The zero-order valence-electron chi connectivity index (χ0n) is 12.8. The maximum atomic E-state index is 12.5. The Morgan fingerprint density at radius 3 is 2.47 bits per heavy atom. The van der Waals surface area contributed by atoms with Gasteiger partial charge in [-0.05, 0) is 19.3 Å². The molecule has 0 bridgehead atoms. The van der Waals surface area contributed by atoms with Gasteiger partial charge in [-0.15, -0.1) is 0 Å². The highest BCUT2D eigenvalue weighted by atomic mass is 32.2. The highest BCUT2D eigenvalue weighted by Crippen LogP contribution is 2.22. The molecule has 1 N–H and O–H groups in total. The molecule has 0 aromatic rings. The van der Waals surface area contributed by atoms with E-state index in [1.54, 1.807) is 6.26 Å². The number of nitrogens with zero attached hydrogens (tertiary/aromatic N) is 1. The van der Waals surface area contributed by atoms with Crippen LogP contribution in [-0.2, 0) is 15.6 Å². The van der Waals surface area contributed by atoms with Crippen LogP contribution in [0.1, 0.15) is 47.0 Å². The highest BCUT2D eigenvalue weighted by molar-refractivity contribution is 7.84. The molecule has 112 valence electrons. The fourth-order valence-electron chi connectivity index (χ4n) is 2.46. The summed E-state index contributed by atoms with van der Waals surface area (Å²) in [4.78, 5) is 14.4. The third kappa shape index (κ3) is 4.02. The van der Waals surface area contributed by atoms with Crippen LogP contribution in [0.15, 0.2) is 0 Å².